The molecule has 0 spiro atoms. The molecule has 0 unspecified atom stereocenters. The third-order valence-corrected chi connectivity index (χ3v) is 4.88. The number of rotatable bonds is 8. The van der Waals surface area contributed by atoms with E-state index < -0.39 is 15.9 Å². The van der Waals surface area contributed by atoms with Crippen molar-refractivity contribution in [1.82, 2.24) is 10.0 Å². The molecule has 0 bridgehead atoms. The van der Waals surface area contributed by atoms with Gasteiger partial charge in [0.15, 0.2) is 0 Å². The monoisotopic (exact) mass is 352 g/mol. The van der Waals surface area contributed by atoms with Crippen molar-refractivity contribution in [2.75, 3.05) is 20.7 Å². The van der Waals surface area contributed by atoms with Gasteiger partial charge in [0.25, 0.3) is 5.91 Å². The number of amides is 1. The van der Waals surface area contributed by atoms with Crippen LogP contribution in [0.5, 0.6) is 5.75 Å². The van der Waals surface area contributed by atoms with E-state index in [1.165, 1.54) is 32.4 Å². The van der Waals surface area contributed by atoms with Crippen LogP contribution >= 0.6 is 0 Å². The number of methoxy groups -OCH3 is 1. The Morgan fingerprint density at radius 2 is 2.08 bits per heavy atom. The Balaban J connectivity index is 2.06. The predicted molar refractivity (Wildman–Crippen MR) is 88.6 cm³/mol. The maximum absolute atomic E-state index is 12.3. The van der Waals surface area contributed by atoms with Gasteiger partial charge in [-0.15, -0.1) is 0 Å². The van der Waals surface area contributed by atoms with Gasteiger partial charge < -0.3 is 14.5 Å². The van der Waals surface area contributed by atoms with Crippen molar-refractivity contribution in [2.45, 2.75) is 17.7 Å². The molecule has 2 aromatic rings. The highest BCUT2D eigenvalue weighted by atomic mass is 32.2. The van der Waals surface area contributed by atoms with Crippen LogP contribution in [-0.2, 0) is 16.4 Å². The first kappa shape index (κ1) is 18.0. The number of carbonyl (C=O) groups excluding carboxylic acids is 1. The lowest BCUT2D eigenvalue weighted by atomic mass is 10.2. The van der Waals surface area contributed by atoms with E-state index in [1.54, 1.807) is 12.3 Å². The highest BCUT2D eigenvalue weighted by Gasteiger charge is 2.19. The summed E-state index contributed by atoms with van der Waals surface area (Å²) in [5.41, 5.74) is 0.165. The quantitative estimate of drug-likeness (QED) is 0.703. The van der Waals surface area contributed by atoms with Crippen LogP contribution in [0, 0.1) is 0 Å². The van der Waals surface area contributed by atoms with E-state index in [9.17, 15) is 13.2 Å². The number of hydrogen-bond acceptors (Lipinski definition) is 5. The maximum Gasteiger partial charge on any atom is 0.254 e. The molecular formula is C16H20N2O5S. The number of furan rings is 1. The van der Waals surface area contributed by atoms with Crippen LogP contribution in [0.25, 0.3) is 0 Å². The molecule has 0 atom stereocenters. The molecule has 0 aliphatic rings. The zero-order chi connectivity index (χ0) is 17.6. The van der Waals surface area contributed by atoms with Crippen molar-refractivity contribution in [1.29, 1.82) is 0 Å². The summed E-state index contributed by atoms with van der Waals surface area (Å²) < 4.78 is 37.5. The fourth-order valence-corrected chi connectivity index (χ4v) is 3.27. The minimum absolute atomic E-state index is 0.0138. The molecule has 2 rings (SSSR count). The largest absolute Gasteiger partial charge is 0.496 e. The van der Waals surface area contributed by atoms with Gasteiger partial charge in [-0.25, -0.2) is 13.1 Å². The number of carbonyl (C=O) groups is 1. The topological polar surface area (TPSA) is 97.6 Å². The zero-order valence-corrected chi connectivity index (χ0v) is 14.4. The van der Waals surface area contributed by atoms with Crippen LogP contribution in [0.3, 0.4) is 0 Å². The second-order valence-corrected chi connectivity index (χ2v) is 6.79. The van der Waals surface area contributed by atoms with E-state index in [-0.39, 0.29) is 17.0 Å². The average Bonchev–Trinajstić information content (AvgIpc) is 3.10. The molecule has 0 fully saturated rings. The Kier molecular flexibility index (Phi) is 5.99. The van der Waals surface area contributed by atoms with Crippen LogP contribution in [0.4, 0.5) is 0 Å². The fraction of sp³-hybridized carbons (Fsp3) is 0.312. The van der Waals surface area contributed by atoms with Crippen molar-refractivity contribution >= 4 is 15.9 Å². The van der Waals surface area contributed by atoms with Gasteiger partial charge in [0, 0.05) is 20.0 Å². The molecule has 0 aliphatic carbocycles. The first-order valence-corrected chi connectivity index (χ1v) is 8.88. The molecule has 0 saturated heterocycles. The summed E-state index contributed by atoms with van der Waals surface area (Å²) >= 11 is 0. The van der Waals surface area contributed by atoms with Gasteiger partial charge in [-0.1, -0.05) is 0 Å². The van der Waals surface area contributed by atoms with Crippen LogP contribution in [-0.4, -0.2) is 35.0 Å². The van der Waals surface area contributed by atoms with Gasteiger partial charge in [-0.2, -0.15) is 0 Å². The molecule has 24 heavy (non-hydrogen) atoms. The number of sulfonamides is 1. The first-order valence-electron chi connectivity index (χ1n) is 7.40. The van der Waals surface area contributed by atoms with Crippen LogP contribution in [0.1, 0.15) is 22.5 Å². The van der Waals surface area contributed by atoms with E-state index in [2.05, 4.69) is 10.0 Å². The molecule has 130 valence electrons. The summed E-state index contributed by atoms with van der Waals surface area (Å²) in [7, 11) is -0.819. The molecule has 7 nitrogen and oxygen atoms in total. The number of hydrogen-bond donors (Lipinski definition) is 2. The number of benzene rings is 1. The molecular weight excluding hydrogens is 332 g/mol. The highest BCUT2D eigenvalue weighted by molar-refractivity contribution is 7.89. The Hall–Kier alpha value is -2.32. The second kappa shape index (κ2) is 7.98. The second-order valence-electron chi connectivity index (χ2n) is 5.02. The normalized spacial score (nSPS) is 11.2. The summed E-state index contributed by atoms with van der Waals surface area (Å²) in [6.07, 6.45) is 2.82. The Labute approximate surface area is 141 Å². The van der Waals surface area contributed by atoms with Crippen molar-refractivity contribution in [2.24, 2.45) is 0 Å². The average molecular weight is 352 g/mol. The summed E-state index contributed by atoms with van der Waals surface area (Å²) in [6.45, 7) is 0.268. The Morgan fingerprint density at radius 1 is 1.29 bits per heavy atom. The minimum atomic E-state index is -3.71. The summed E-state index contributed by atoms with van der Waals surface area (Å²) in [6, 6.07) is 7.79. The van der Waals surface area contributed by atoms with Crippen LogP contribution in [0.15, 0.2) is 45.9 Å². The maximum atomic E-state index is 12.3. The molecule has 1 aromatic carbocycles. The third kappa shape index (κ3) is 4.36. The van der Waals surface area contributed by atoms with Crippen molar-refractivity contribution in [3.63, 3.8) is 0 Å². The molecule has 0 aliphatic heterocycles. The van der Waals surface area contributed by atoms with Crippen LogP contribution in [0.2, 0.25) is 0 Å². The van der Waals surface area contributed by atoms with E-state index >= 15 is 0 Å². The van der Waals surface area contributed by atoms with Gasteiger partial charge in [-0.05, 0) is 36.8 Å². The highest BCUT2D eigenvalue weighted by Crippen LogP contribution is 2.22. The molecule has 0 saturated carbocycles. The standard InChI is InChI=1S/C16H20N2O5S/c1-17-16(19)14-11-13(7-8-15(14)22-2)24(20,21)18-9-3-5-12-6-4-10-23-12/h4,6-8,10-11,18H,3,5,9H2,1-2H3,(H,17,19). The minimum Gasteiger partial charge on any atom is -0.496 e. The predicted octanol–water partition coefficient (Wildman–Crippen LogP) is 1.56. The van der Waals surface area contributed by atoms with Crippen molar-refractivity contribution in [3.05, 3.63) is 47.9 Å². The number of ether oxygens (including phenoxy) is 1. The van der Waals surface area contributed by atoms with E-state index in [0.29, 0.717) is 18.6 Å². The lowest BCUT2D eigenvalue weighted by Crippen LogP contribution is -2.26. The molecule has 2 N–H and O–H groups in total. The number of aryl methyl sites for hydroxylation is 1. The Bertz CT molecular complexity index is 785. The molecule has 1 aromatic heterocycles. The van der Waals surface area contributed by atoms with Gasteiger partial charge in [0.05, 0.1) is 23.8 Å². The number of nitrogens with one attached hydrogen (secondary N) is 2. The lowest BCUT2D eigenvalue weighted by molar-refractivity contribution is 0.0960. The van der Waals surface area contributed by atoms with Gasteiger partial charge in [0.1, 0.15) is 11.5 Å². The van der Waals surface area contributed by atoms with Gasteiger partial charge >= 0.3 is 0 Å². The fourth-order valence-electron chi connectivity index (χ4n) is 2.17. The summed E-state index contributed by atoms with van der Waals surface area (Å²) in [4.78, 5) is 11.9. The lowest BCUT2D eigenvalue weighted by Gasteiger charge is -2.11. The molecule has 0 radical (unpaired) electrons. The van der Waals surface area contributed by atoms with Gasteiger partial charge in [0.2, 0.25) is 10.0 Å². The van der Waals surface area contributed by atoms with Crippen molar-refractivity contribution < 1.29 is 22.4 Å². The molecule has 1 heterocycles. The summed E-state index contributed by atoms with van der Waals surface area (Å²) in [5, 5.41) is 2.46. The third-order valence-electron chi connectivity index (χ3n) is 3.43. The molecule has 8 heteroatoms. The molecule has 1 amide bonds. The van der Waals surface area contributed by atoms with E-state index in [0.717, 1.165) is 5.76 Å². The van der Waals surface area contributed by atoms with E-state index in [1.807, 2.05) is 6.07 Å². The van der Waals surface area contributed by atoms with Crippen molar-refractivity contribution in [3.8, 4) is 5.75 Å². The first-order chi connectivity index (χ1) is 11.5. The smallest absolute Gasteiger partial charge is 0.254 e. The zero-order valence-electron chi connectivity index (χ0n) is 13.5. The Morgan fingerprint density at radius 3 is 2.71 bits per heavy atom. The SMILES string of the molecule is CNC(=O)c1cc(S(=O)(=O)NCCCc2ccco2)ccc1OC. The summed E-state index contributed by atoms with van der Waals surface area (Å²) in [5.74, 6) is 0.702. The van der Waals surface area contributed by atoms with E-state index in [4.69, 9.17) is 9.15 Å². The van der Waals surface area contributed by atoms with Gasteiger partial charge in [-0.3, -0.25) is 4.79 Å². The van der Waals surface area contributed by atoms with Crippen LogP contribution < -0.4 is 14.8 Å².